The summed E-state index contributed by atoms with van der Waals surface area (Å²) in [6, 6.07) is 0. The molecule has 0 radical (unpaired) electrons. The van der Waals surface area contributed by atoms with Gasteiger partial charge in [0.25, 0.3) is 14.1 Å². The first-order chi connectivity index (χ1) is 10.8. The molecule has 0 fully saturated rings. The number of allylic oxidation sites excluding steroid dienone is 2. The number of hydrogen-bond acceptors (Lipinski definition) is 0. The summed E-state index contributed by atoms with van der Waals surface area (Å²) >= 11 is -0.369. The van der Waals surface area contributed by atoms with Crippen molar-refractivity contribution in [2.45, 2.75) is 106 Å². The zero-order chi connectivity index (χ0) is 16.3. The second-order valence-corrected chi connectivity index (χ2v) is 10.4. The first-order valence-electron chi connectivity index (χ1n) is 10.0. The Hall–Kier alpha value is 0.0125. The molecular weight excluding hydrogens is 279 g/mol. The Kier molecular flexibility index (Phi) is 19.1. The summed E-state index contributed by atoms with van der Waals surface area (Å²) in [4.78, 5) is 0. The zero-order valence-corrected chi connectivity index (χ0v) is 16.6. The van der Waals surface area contributed by atoms with Crippen LogP contribution in [0.5, 0.6) is 0 Å². The van der Waals surface area contributed by atoms with E-state index in [0.29, 0.717) is 0 Å². The molecule has 1 heteroatoms. The predicted octanol–water partition coefficient (Wildman–Crippen LogP) is 7.94. The SMILES string of the molecule is C=CCCCCCCC[CH2][Al]([CH3])[CH2]CCCCCCCC=C. The minimum absolute atomic E-state index is 0.369. The molecule has 0 unspecified atom stereocenters. The van der Waals surface area contributed by atoms with Crippen LogP contribution in [-0.2, 0) is 0 Å². The highest BCUT2D eigenvalue weighted by Gasteiger charge is 2.08. The van der Waals surface area contributed by atoms with Crippen LogP contribution in [0.15, 0.2) is 25.3 Å². The number of rotatable bonds is 18. The van der Waals surface area contributed by atoms with E-state index in [0.717, 1.165) is 0 Å². The van der Waals surface area contributed by atoms with Crippen molar-refractivity contribution in [1.29, 1.82) is 0 Å². The van der Waals surface area contributed by atoms with Gasteiger partial charge in [-0.2, -0.15) is 0 Å². The fraction of sp³-hybridized carbons (Fsp3) is 0.810. The predicted molar refractivity (Wildman–Crippen MR) is 106 cm³/mol. The topological polar surface area (TPSA) is 0 Å². The Bertz CT molecular complexity index is 210. The molecule has 0 spiro atoms. The van der Waals surface area contributed by atoms with Crippen LogP contribution in [0, 0.1) is 0 Å². The normalized spacial score (nSPS) is 10.6. The lowest BCUT2D eigenvalue weighted by Crippen LogP contribution is -2.05. The van der Waals surface area contributed by atoms with Crippen LogP contribution in [0.2, 0.25) is 16.4 Å². The molecule has 0 aromatic carbocycles. The lowest BCUT2D eigenvalue weighted by atomic mass is 10.1. The second-order valence-electron chi connectivity index (χ2n) is 7.08. The summed E-state index contributed by atoms with van der Waals surface area (Å²) in [5.41, 5.74) is 0. The van der Waals surface area contributed by atoms with Gasteiger partial charge in [0.1, 0.15) is 0 Å². The fourth-order valence-electron chi connectivity index (χ4n) is 3.12. The van der Waals surface area contributed by atoms with Crippen LogP contribution in [0.1, 0.15) is 89.9 Å². The molecule has 0 aliphatic rings. The maximum Gasteiger partial charge on any atom is 0.258 e. The van der Waals surface area contributed by atoms with Gasteiger partial charge in [-0.1, -0.05) is 86.9 Å². The van der Waals surface area contributed by atoms with E-state index in [1.807, 2.05) is 0 Å². The Morgan fingerprint density at radius 3 is 1.23 bits per heavy atom. The van der Waals surface area contributed by atoms with Crippen LogP contribution in [-0.4, -0.2) is 14.1 Å². The first kappa shape index (κ1) is 22.0. The molecule has 0 saturated heterocycles. The Morgan fingerprint density at radius 2 is 0.864 bits per heavy atom. The van der Waals surface area contributed by atoms with Gasteiger partial charge in [-0.3, -0.25) is 0 Å². The molecule has 0 aromatic heterocycles. The van der Waals surface area contributed by atoms with E-state index in [9.17, 15) is 0 Å². The van der Waals surface area contributed by atoms with Gasteiger partial charge in [0.05, 0.1) is 0 Å². The van der Waals surface area contributed by atoms with Gasteiger partial charge in [-0.15, -0.1) is 18.9 Å². The van der Waals surface area contributed by atoms with Crippen molar-refractivity contribution >= 4 is 14.1 Å². The van der Waals surface area contributed by atoms with Crippen molar-refractivity contribution < 1.29 is 0 Å². The molecule has 0 amide bonds. The van der Waals surface area contributed by atoms with E-state index in [1.165, 1.54) is 89.9 Å². The van der Waals surface area contributed by atoms with Crippen LogP contribution in [0.4, 0.5) is 0 Å². The summed E-state index contributed by atoms with van der Waals surface area (Å²) in [6.07, 6.45) is 23.8. The summed E-state index contributed by atoms with van der Waals surface area (Å²) < 4.78 is 0. The van der Waals surface area contributed by atoms with Crippen LogP contribution in [0.25, 0.3) is 0 Å². The molecule has 22 heavy (non-hydrogen) atoms. The largest absolute Gasteiger partial charge is 0.258 e. The van der Waals surface area contributed by atoms with Crippen molar-refractivity contribution in [2.24, 2.45) is 0 Å². The molecule has 0 aromatic rings. The maximum atomic E-state index is 3.78. The average molecular weight is 321 g/mol. The molecule has 0 aliphatic heterocycles. The summed E-state index contributed by atoms with van der Waals surface area (Å²) in [5, 5.41) is 3.18. The third-order valence-corrected chi connectivity index (χ3v) is 7.50. The third kappa shape index (κ3) is 18.1. The van der Waals surface area contributed by atoms with E-state index >= 15 is 0 Å². The standard InChI is InChI=1S/2C10H19.CH3.Al/c2*1-3-5-7-9-10-8-6-4-2;;/h2*3H,1-2,4-10H2;1H3;. The van der Waals surface area contributed by atoms with Crippen molar-refractivity contribution in [3.8, 4) is 0 Å². The van der Waals surface area contributed by atoms with E-state index in [1.54, 1.807) is 10.6 Å². The number of unbranched alkanes of at least 4 members (excludes halogenated alkanes) is 12. The molecule has 128 valence electrons. The van der Waals surface area contributed by atoms with Crippen LogP contribution < -0.4 is 0 Å². The van der Waals surface area contributed by atoms with E-state index in [4.69, 9.17) is 0 Å². The smallest absolute Gasteiger partial charge is 0.106 e. The molecular formula is C21H41Al. The highest BCUT2D eigenvalue weighted by atomic mass is 27.2. The Balaban J connectivity index is 3.14. The molecule has 0 nitrogen and oxygen atoms in total. The quantitative estimate of drug-likeness (QED) is 0.136. The van der Waals surface area contributed by atoms with Gasteiger partial charge < -0.3 is 0 Å². The Morgan fingerprint density at radius 1 is 0.545 bits per heavy atom. The molecule has 0 rings (SSSR count). The molecule has 0 bridgehead atoms. The van der Waals surface area contributed by atoms with Gasteiger partial charge in [-0.25, -0.2) is 0 Å². The third-order valence-electron chi connectivity index (χ3n) is 4.71. The van der Waals surface area contributed by atoms with Gasteiger partial charge in [0.15, 0.2) is 0 Å². The minimum Gasteiger partial charge on any atom is -0.106 e. The fourth-order valence-corrected chi connectivity index (χ4v) is 5.38. The van der Waals surface area contributed by atoms with Crippen molar-refractivity contribution in [3.05, 3.63) is 25.3 Å². The molecule has 0 N–H and O–H groups in total. The van der Waals surface area contributed by atoms with E-state index in [-0.39, 0.29) is 14.1 Å². The average Bonchev–Trinajstić information content (AvgIpc) is 2.52. The maximum absolute atomic E-state index is 3.78. The molecule has 0 aliphatic carbocycles. The molecule has 0 saturated carbocycles. The van der Waals surface area contributed by atoms with Crippen molar-refractivity contribution in [3.63, 3.8) is 0 Å². The highest BCUT2D eigenvalue weighted by molar-refractivity contribution is 6.57. The summed E-state index contributed by atoms with van der Waals surface area (Å²) in [7, 11) is 0. The molecule has 0 atom stereocenters. The van der Waals surface area contributed by atoms with Crippen molar-refractivity contribution in [1.82, 2.24) is 0 Å². The minimum atomic E-state index is -0.369. The monoisotopic (exact) mass is 320 g/mol. The van der Waals surface area contributed by atoms with Gasteiger partial charge in [0.2, 0.25) is 0 Å². The Labute approximate surface area is 145 Å². The lowest BCUT2D eigenvalue weighted by Gasteiger charge is -2.07. The zero-order valence-electron chi connectivity index (χ0n) is 15.5. The van der Waals surface area contributed by atoms with Crippen LogP contribution in [0.3, 0.4) is 0 Å². The second kappa shape index (κ2) is 19.1. The number of hydrogen-bond donors (Lipinski definition) is 0. The highest BCUT2D eigenvalue weighted by Crippen LogP contribution is 2.15. The van der Waals surface area contributed by atoms with Crippen molar-refractivity contribution in [2.75, 3.05) is 0 Å². The van der Waals surface area contributed by atoms with Gasteiger partial charge >= 0.3 is 0 Å². The van der Waals surface area contributed by atoms with Crippen LogP contribution >= 0.6 is 0 Å². The van der Waals surface area contributed by atoms with Gasteiger partial charge in [0, 0.05) is 0 Å². The molecule has 0 heterocycles. The van der Waals surface area contributed by atoms with E-state index < -0.39 is 0 Å². The summed E-state index contributed by atoms with van der Waals surface area (Å²) in [5.74, 6) is 2.59. The lowest BCUT2D eigenvalue weighted by molar-refractivity contribution is 0.605. The van der Waals surface area contributed by atoms with Gasteiger partial charge in [-0.05, 0) is 25.7 Å². The van der Waals surface area contributed by atoms with E-state index in [2.05, 4.69) is 31.1 Å². The summed E-state index contributed by atoms with van der Waals surface area (Å²) in [6.45, 7) is 7.56. The first-order valence-corrected chi connectivity index (χ1v) is 12.8.